The van der Waals surface area contributed by atoms with E-state index in [4.69, 9.17) is 10.8 Å². The highest BCUT2D eigenvalue weighted by Crippen LogP contribution is 2.17. The van der Waals surface area contributed by atoms with Gasteiger partial charge in [-0.2, -0.15) is 0 Å². The van der Waals surface area contributed by atoms with Crippen molar-refractivity contribution < 1.29 is 14.7 Å². The molecular formula is C13H16N2O3. The van der Waals surface area contributed by atoms with E-state index in [-0.39, 0.29) is 19.0 Å². The molecule has 1 aliphatic rings. The van der Waals surface area contributed by atoms with E-state index in [1.165, 1.54) is 4.90 Å². The lowest BCUT2D eigenvalue weighted by Crippen LogP contribution is -2.57. The number of carbonyl (C=O) groups is 2. The van der Waals surface area contributed by atoms with Gasteiger partial charge in [-0.05, 0) is 12.0 Å². The van der Waals surface area contributed by atoms with E-state index in [2.05, 4.69) is 0 Å². The van der Waals surface area contributed by atoms with Gasteiger partial charge in [0, 0.05) is 13.1 Å². The molecule has 0 aromatic heterocycles. The highest BCUT2D eigenvalue weighted by Gasteiger charge is 2.37. The van der Waals surface area contributed by atoms with Gasteiger partial charge in [-0.1, -0.05) is 30.3 Å². The summed E-state index contributed by atoms with van der Waals surface area (Å²) in [6.07, 6.45) is 0.480. The van der Waals surface area contributed by atoms with Gasteiger partial charge in [0.15, 0.2) is 0 Å². The van der Waals surface area contributed by atoms with E-state index < -0.39 is 17.9 Å². The Morgan fingerprint density at radius 3 is 2.50 bits per heavy atom. The summed E-state index contributed by atoms with van der Waals surface area (Å²) in [6, 6.07) is 8.95. The van der Waals surface area contributed by atoms with Crippen LogP contribution in [0.5, 0.6) is 0 Å². The molecule has 1 fully saturated rings. The van der Waals surface area contributed by atoms with Gasteiger partial charge in [0.2, 0.25) is 5.91 Å². The summed E-state index contributed by atoms with van der Waals surface area (Å²) >= 11 is 0. The standard InChI is InChI=1S/C13H16N2O3/c14-11(6-9-4-2-1-3-5-9)12(16)15-7-10(8-15)13(17)18/h1-5,10-11H,6-8,14H2,(H,17,18)/t11-/m0/s1. The molecule has 0 radical (unpaired) electrons. The summed E-state index contributed by atoms with van der Waals surface area (Å²) in [5.74, 6) is -1.45. The first-order valence-electron chi connectivity index (χ1n) is 5.89. The Morgan fingerprint density at radius 1 is 1.33 bits per heavy atom. The molecule has 0 unspecified atom stereocenters. The van der Waals surface area contributed by atoms with E-state index in [1.54, 1.807) is 0 Å². The molecule has 2 rings (SSSR count). The minimum absolute atomic E-state index is 0.170. The van der Waals surface area contributed by atoms with E-state index in [0.717, 1.165) is 5.56 Å². The van der Waals surface area contributed by atoms with Crippen LogP contribution in [0, 0.1) is 5.92 Å². The smallest absolute Gasteiger partial charge is 0.310 e. The van der Waals surface area contributed by atoms with Crippen LogP contribution >= 0.6 is 0 Å². The van der Waals surface area contributed by atoms with Crippen molar-refractivity contribution >= 4 is 11.9 Å². The number of likely N-dealkylation sites (tertiary alicyclic amines) is 1. The molecule has 3 N–H and O–H groups in total. The Kier molecular flexibility index (Phi) is 3.62. The molecule has 5 heteroatoms. The fraction of sp³-hybridized carbons (Fsp3) is 0.385. The van der Waals surface area contributed by atoms with Gasteiger partial charge in [0.05, 0.1) is 12.0 Å². The average Bonchev–Trinajstić information content (AvgIpc) is 2.27. The Hall–Kier alpha value is -1.88. The van der Waals surface area contributed by atoms with Crippen molar-refractivity contribution in [3.05, 3.63) is 35.9 Å². The molecule has 96 valence electrons. The lowest BCUT2D eigenvalue weighted by atomic mass is 9.98. The molecule has 0 bridgehead atoms. The zero-order valence-corrected chi connectivity index (χ0v) is 9.95. The average molecular weight is 248 g/mol. The topological polar surface area (TPSA) is 83.6 Å². The molecule has 1 aromatic rings. The number of carboxylic acid groups (broad SMARTS) is 1. The van der Waals surface area contributed by atoms with Crippen molar-refractivity contribution in [3.63, 3.8) is 0 Å². The van der Waals surface area contributed by atoms with Gasteiger partial charge in [0.25, 0.3) is 0 Å². The first-order valence-corrected chi connectivity index (χ1v) is 5.89. The molecule has 18 heavy (non-hydrogen) atoms. The van der Waals surface area contributed by atoms with Crippen molar-refractivity contribution in [1.29, 1.82) is 0 Å². The molecule has 1 atom stereocenters. The number of hydrogen-bond donors (Lipinski definition) is 2. The third kappa shape index (κ3) is 2.68. The number of nitrogens with two attached hydrogens (primary N) is 1. The summed E-state index contributed by atoms with van der Waals surface area (Å²) in [5, 5.41) is 8.74. The second-order valence-electron chi connectivity index (χ2n) is 4.57. The minimum atomic E-state index is -0.851. The number of amides is 1. The monoisotopic (exact) mass is 248 g/mol. The zero-order chi connectivity index (χ0) is 13.1. The van der Waals surface area contributed by atoms with Gasteiger partial charge in [0.1, 0.15) is 0 Å². The molecule has 1 amide bonds. The van der Waals surface area contributed by atoms with Crippen LogP contribution in [0.15, 0.2) is 30.3 Å². The molecule has 0 aliphatic carbocycles. The lowest BCUT2D eigenvalue weighted by molar-refractivity contribution is -0.153. The zero-order valence-electron chi connectivity index (χ0n) is 9.95. The van der Waals surface area contributed by atoms with Crippen LogP contribution in [0.3, 0.4) is 0 Å². The molecule has 1 aliphatic heterocycles. The van der Waals surface area contributed by atoms with E-state index >= 15 is 0 Å². The Balaban J connectivity index is 1.85. The number of benzene rings is 1. The van der Waals surface area contributed by atoms with E-state index in [9.17, 15) is 9.59 Å². The number of hydrogen-bond acceptors (Lipinski definition) is 3. The van der Waals surface area contributed by atoms with E-state index in [0.29, 0.717) is 6.42 Å². The Bertz CT molecular complexity index is 441. The summed E-state index contributed by atoms with van der Waals surface area (Å²) in [7, 11) is 0. The van der Waals surface area contributed by atoms with Crippen LogP contribution in [-0.2, 0) is 16.0 Å². The van der Waals surface area contributed by atoms with Crippen LogP contribution in [0.2, 0.25) is 0 Å². The van der Waals surface area contributed by atoms with Crippen molar-refractivity contribution in [2.24, 2.45) is 11.7 Å². The maximum atomic E-state index is 11.9. The lowest BCUT2D eigenvalue weighted by Gasteiger charge is -2.38. The third-order valence-electron chi connectivity index (χ3n) is 3.16. The van der Waals surface area contributed by atoms with Crippen LogP contribution in [-0.4, -0.2) is 41.0 Å². The number of aliphatic carboxylic acids is 1. The summed E-state index contributed by atoms with van der Waals surface area (Å²) < 4.78 is 0. The minimum Gasteiger partial charge on any atom is -0.481 e. The van der Waals surface area contributed by atoms with Crippen molar-refractivity contribution in [3.8, 4) is 0 Å². The fourth-order valence-corrected chi connectivity index (χ4v) is 2.00. The van der Waals surface area contributed by atoms with Gasteiger partial charge in [-0.15, -0.1) is 0 Å². The van der Waals surface area contributed by atoms with E-state index in [1.807, 2.05) is 30.3 Å². The summed E-state index contributed by atoms with van der Waals surface area (Å²) in [5.41, 5.74) is 6.85. The molecule has 0 spiro atoms. The molecular weight excluding hydrogens is 232 g/mol. The largest absolute Gasteiger partial charge is 0.481 e. The highest BCUT2D eigenvalue weighted by molar-refractivity contribution is 5.85. The fourth-order valence-electron chi connectivity index (χ4n) is 2.00. The highest BCUT2D eigenvalue weighted by atomic mass is 16.4. The normalized spacial score (nSPS) is 17.1. The van der Waals surface area contributed by atoms with Crippen LogP contribution in [0.25, 0.3) is 0 Å². The second-order valence-corrected chi connectivity index (χ2v) is 4.57. The van der Waals surface area contributed by atoms with Crippen LogP contribution in [0.1, 0.15) is 5.56 Å². The number of carboxylic acids is 1. The predicted molar refractivity (Wildman–Crippen MR) is 65.8 cm³/mol. The third-order valence-corrected chi connectivity index (χ3v) is 3.16. The molecule has 1 aromatic carbocycles. The first kappa shape index (κ1) is 12.6. The van der Waals surface area contributed by atoms with Gasteiger partial charge < -0.3 is 15.7 Å². The molecule has 5 nitrogen and oxygen atoms in total. The molecule has 1 saturated heterocycles. The molecule has 0 saturated carbocycles. The van der Waals surface area contributed by atoms with Crippen molar-refractivity contribution in [2.45, 2.75) is 12.5 Å². The quantitative estimate of drug-likeness (QED) is 0.791. The van der Waals surface area contributed by atoms with Gasteiger partial charge in [-0.3, -0.25) is 9.59 Å². The van der Waals surface area contributed by atoms with Crippen molar-refractivity contribution in [1.82, 2.24) is 4.90 Å². The second kappa shape index (κ2) is 5.18. The molecule has 1 heterocycles. The van der Waals surface area contributed by atoms with Crippen molar-refractivity contribution in [2.75, 3.05) is 13.1 Å². The van der Waals surface area contributed by atoms with Crippen LogP contribution in [0.4, 0.5) is 0 Å². The maximum Gasteiger partial charge on any atom is 0.310 e. The SMILES string of the molecule is N[C@@H](Cc1ccccc1)C(=O)N1CC(C(=O)O)C1. The predicted octanol–water partition coefficient (Wildman–Crippen LogP) is 0.0994. The van der Waals surface area contributed by atoms with Gasteiger partial charge >= 0.3 is 5.97 Å². The number of rotatable bonds is 4. The van der Waals surface area contributed by atoms with Gasteiger partial charge in [-0.25, -0.2) is 0 Å². The summed E-state index contributed by atoms with van der Waals surface area (Å²) in [4.78, 5) is 24.1. The number of carbonyl (C=O) groups excluding carboxylic acids is 1. The Labute approximate surface area is 105 Å². The van der Waals surface area contributed by atoms with Crippen LogP contribution < -0.4 is 5.73 Å². The number of nitrogens with zero attached hydrogens (tertiary/aromatic N) is 1. The maximum absolute atomic E-state index is 11.9. The Morgan fingerprint density at radius 2 is 1.94 bits per heavy atom. The summed E-state index contributed by atoms with van der Waals surface area (Å²) in [6.45, 7) is 0.549. The first-order chi connectivity index (χ1) is 8.58.